The van der Waals surface area contributed by atoms with Gasteiger partial charge in [0.2, 0.25) is 11.8 Å². The standard InChI is InChI=1S/C29H34N6O3/c30-29(31)32-16-6-11-25(27(37)33-17-20-12-14-24(36)15-13-20)34-28(38)26(21-7-2-1-3-8-21)35-18-22-9-4-5-10-23(22)19-35/h1-5,7-10,12-15,25-26,36H,6,11,16-19H2,(H,33,37)(H,34,38)(H4,30,31,32)/t25-,26?/m1/s1. The Morgan fingerprint density at radius 1 is 0.895 bits per heavy atom. The van der Waals surface area contributed by atoms with Crippen molar-refractivity contribution in [2.45, 2.75) is 44.6 Å². The number of amides is 2. The summed E-state index contributed by atoms with van der Waals surface area (Å²) in [5, 5.41) is 15.4. The van der Waals surface area contributed by atoms with Crippen molar-refractivity contribution < 1.29 is 14.7 Å². The Balaban J connectivity index is 1.50. The van der Waals surface area contributed by atoms with Crippen molar-refractivity contribution in [1.29, 1.82) is 0 Å². The highest BCUT2D eigenvalue weighted by molar-refractivity contribution is 5.90. The summed E-state index contributed by atoms with van der Waals surface area (Å²) < 4.78 is 0. The molecule has 0 aliphatic carbocycles. The molecule has 1 unspecified atom stereocenters. The van der Waals surface area contributed by atoms with Gasteiger partial charge in [-0.25, -0.2) is 0 Å². The smallest absolute Gasteiger partial charge is 0.242 e. The molecule has 1 aliphatic heterocycles. The molecular formula is C29H34N6O3. The zero-order valence-electron chi connectivity index (χ0n) is 21.2. The molecule has 9 nitrogen and oxygen atoms in total. The number of nitrogens with two attached hydrogens (primary N) is 2. The zero-order chi connectivity index (χ0) is 26.9. The van der Waals surface area contributed by atoms with Gasteiger partial charge >= 0.3 is 0 Å². The molecule has 0 fully saturated rings. The molecule has 3 aromatic carbocycles. The topological polar surface area (TPSA) is 146 Å². The number of nitrogens with one attached hydrogen (secondary N) is 2. The molecule has 4 rings (SSSR count). The lowest BCUT2D eigenvalue weighted by atomic mass is 10.0. The molecule has 38 heavy (non-hydrogen) atoms. The second kappa shape index (κ2) is 12.7. The Hall–Kier alpha value is -4.37. The zero-order valence-corrected chi connectivity index (χ0v) is 21.2. The van der Waals surface area contributed by atoms with E-state index in [2.05, 4.69) is 32.7 Å². The highest BCUT2D eigenvalue weighted by Crippen LogP contribution is 2.31. The molecule has 198 valence electrons. The van der Waals surface area contributed by atoms with E-state index in [1.165, 1.54) is 11.1 Å². The van der Waals surface area contributed by atoms with Gasteiger partial charge in [-0.1, -0.05) is 66.7 Å². The van der Waals surface area contributed by atoms with Gasteiger partial charge in [0.1, 0.15) is 17.8 Å². The van der Waals surface area contributed by atoms with Crippen molar-refractivity contribution in [3.8, 4) is 5.75 Å². The fourth-order valence-corrected chi connectivity index (χ4v) is 4.65. The molecule has 0 radical (unpaired) electrons. The van der Waals surface area contributed by atoms with E-state index in [0.29, 0.717) is 32.5 Å². The van der Waals surface area contributed by atoms with E-state index in [1.54, 1.807) is 24.3 Å². The molecule has 0 saturated carbocycles. The minimum atomic E-state index is -0.773. The third-order valence-corrected chi connectivity index (χ3v) is 6.58. The van der Waals surface area contributed by atoms with E-state index in [1.807, 2.05) is 42.5 Å². The van der Waals surface area contributed by atoms with Crippen LogP contribution in [0, 0.1) is 0 Å². The maximum Gasteiger partial charge on any atom is 0.242 e. The van der Waals surface area contributed by atoms with Crippen LogP contribution >= 0.6 is 0 Å². The number of hydrogen-bond acceptors (Lipinski definition) is 5. The fourth-order valence-electron chi connectivity index (χ4n) is 4.65. The van der Waals surface area contributed by atoms with Gasteiger partial charge in [0.05, 0.1) is 0 Å². The van der Waals surface area contributed by atoms with Crippen LogP contribution in [-0.2, 0) is 29.2 Å². The predicted octanol–water partition coefficient (Wildman–Crippen LogP) is 2.30. The normalized spacial score (nSPS) is 14.2. The van der Waals surface area contributed by atoms with Crippen LogP contribution in [0.3, 0.4) is 0 Å². The molecule has 1 heterocycles. The number of aliphatic imine (C=N–C) groups is 1. The van der Waals surface area contributed by atoms with Gasteiger partial charge in [-0.2, -0.15) is 0 Å². The second-order valence-electron chi connectivity index (χ2n) is 9.38. The number of guanidine groups is 1. The van der Waals surface area contributed by atoms with Gasteiger partial charge in [0.25, 0.3) is 0 Å². The van der Waals surface area contributed by atoms with Gasteiger partial charge in [-0.15, -0.1) is 0 Å². The lowest BCUT2D eigenvalue weighted by molar-refractivity contribution is -0.132. The van der Waals surface area contributed by atoms with E-state index in [-0.39, 0.29) is 30.1 Å². The van der Waals surface area contributed by atoms with Crippen LogP contribution in [0.2, 0.25) is 0 Å². The van der Waals surface area contributed by atoms with Gasteiger partial charge < -0.3 is 27.2 Å². The summed E-state index contributed by atoms with van der Waals surface area (Å²) in [6.45, 7) is 1.91. The largest absolute Gasteiger partial charge is 0.508 e. The molecule has 0 bridgehead atoms. The maximum absolute atomic E-state index is 13.8. The lowest BCUT2D eigenvalue weighted by Gasteiger charge is -2.29. The van der Waals surface area contributed by atoms with E-state index in [0.717, 1.165) is 11.1 Å². The molecule has 0 saturated heterocycles. The minimum Gasteiger partial charge on any atom is -0.508 e. The Morgan fingerprint density at radius 2 is 1.53 bits per heavy atom. The number of rotatable bonds is 11. The van der Waals surface area contributed by atoms with Crippen LogP contribution in [0.15, 0.2) is 83.9 Å². The molecule has 3 aromatic rings. The van der Waals surface area contributed by atoms with Gasteiger partial charge in [0, 0.05) is 26.2 Å². The number of phenols is 1. The van der Waals surface area contributed by atoms with Gasteiger partial charge in [0.15, 0.2) is 5.96 Å². The van der Waals surface area contributed by atoms with Crippen molar-refractivity contribution in [2.75, 3.05) is 6.54 Å². The van der Waals surface area contributed by atoms with Crippen molar-refractivity contribution in [3.63, 3.8) is 0 Å². The summed E-state index contributed by atoms with van der Waals surface area (Å²) in [7, 11) is 0. The predicted molar refractivity (Wildman–Crippen MR) is 147 cm³/mol. The number of aromatic hydroxyl groups is 1. The number of carbonyl (C=O) groups excluding carboxylic acids is 2. The first-order valence-electron chi connectivity index (χ1n) is 12.7. The number of hydrogen-bond donors (Lipinski definition) is 5. The van der Waals surface area contributed by atoms with E-state index >= 15 is 0 Å². The van der Waals surface area contributed by atoms with Crippen LogP contribution in [0.1, 0.15) is 41.1 Å². The summed E-state index contributed by atoms with van der Waals surface area (Å²) in [5.41, 5.74) is 15.0. The SMILES string of the molecule is NC(N)=NCCC[C@@H](NC(=O)C(c1ccccc1)N1Cc2ccccc2C1)C(=O)NCc1ccc(O)cc1. The van der Waals surface area contributed by atoms with Crippen molar-refractivity contribution in [1.82, 2.24) is 15.5 Å². The first-order valence-corrected chi connectivity index (χ1v) is 12.7. The fraction of sp³-hybridized carbons (Fsp3) is 0.276. The van der Waals surface area contributed by atoms with Crippen LogP contribution in [-0.4, -0.2) is 40.4 Å². The molecule has 7 N–H and O–H groups in total. The Morgan fingerprint density at radius 3 is 2.16 bits per heavy atom. The van der Waals surface area contributed by atoms with Crippen molar-refractivity contribution in [2.24, 2.45) is 16.5 Å². The molecule has 9 heteroatoms. The molecule has 0 aromatic heterocycles. The number of benzene rings is 3. The average molecular weight is 515 g/mol. The van der Waals surface area contributed by atoms with Gasteiger partial charge in [-0.3, -0.25) is 19.5 Å². The molecule has 2 amide bonds. The van der Waals surface area contributed by atoms with Crippen LogP contribution in [0.4, 0.5) is 0 Å². The van der Waals surface area contributed by atoms with E-state index in [9.17, 15) is 14.7 Å². The minimum absolute atomic E-state index is 0.0138. The Kier molecular flexibility index (Phi) is 8.94. The van der Waals surface area contributed by atoms with Gasteiger partial charge in [-0.05, 0) is 47.2 Å². The molecule has 2 atom stereocenters. The Bertz CT molecular complexity index is 1230. The summed E-state index contributed by atoms with van der Waals surface area (Å²) in [6.07, 6.45) is 0.881. The average Bonchev–Trinajstić information content (AvgIpc) is 3.34. The highest BCUT2D eigenvalue weighted by atomic mass is 16.3. The third kappa shape index (κ3) is 7.10. The molecule has 1 aliphatic rings. The van der Waals surface area contributed by atoms with E-state index < -0.39 is 12.1 Å². The molecular weight excluding hydrogens is 480 g/mol. The number of phenolic OH excluding ortho intramolecular Hbond substituents is 1. The summed E-state index contributed by atoms with van der Waals surface area (Å²) in [6, 6.07) is 23.1. The molecule has 0 spiro atoms. The third-order valence-electron chi connectivity index (χ3n) is 6.58. The van der Waals surface area contributed by atoms with Crippen LogP contribution in [0.5, 0.6) is 5.75 Å². The quantitative estimate of drug-likeness (QED) is 0.151. The monoisotopic (exact) mass is 514 g/mol. The van der Waals surface area contributed by atoms with Crippen molar-refractivity contribution >= 4 is 17.8 Å². The lowest BCUT2D eigenvalue weighted by Crippen LogP contribution is -2.50. The number of carbonyl (C=O) groups is 2. The maximum atomic E-state index is 13.8. The summed E-state index contributed by atoms with van der Waals surface area (Å²) in [5.74, 6) is -0.399. The van der Waals surface area contributed by atoms with Crippen molar-refractivity contribution in [3.05, 3.63) is 101 Å². The summed E-state index contributed by atoms with van der Waals surface area (Å²) >= 11 is 0. The number of fused-ring (bicyclic) bond motifs is 1. The Labute approximate surface area is 222 Å². The van der Waals surface area contributed by atoms with Crippen LogP contribution in [0.25, 0.3) is 0 Å². The second-order valence-corrected chi connectivity index (χ2v) is 9.38. The first-order chi connectivity index (χ1) is 18.4. The van der Waals surface area contributed by atoms with E-state index in [4.69, 9.17) is 11.5 Å². The van der Waals surface area contributed by atoms with Crippen LogP contribution < -0.4 is 22.1 Å². The summed E-state index contributed by atoms with van der Waals surface area (Å²) in [4.78, 5) is 33.2. The first kappa shape index (κ1) is 26.7. The number of nitrogens with zero attached hydrogens (tertiary/aromatic N) is 2. The highest BCUT2D eigenvalue weighted by Gasteiger charge is 2.34.